The first-order valence-corrected chi connectivity index (χ1v) is 21.5. The molecule has 5 fully saturated rings. The lowest BCUT2D eigenvalue weighted by Gasteiger charge is -2.54. The highest BCUT2D eigenvalue weighted by Crippen LogP contribution is 2.51. The highest BCUT2D eigenvalue weighted by atomic mass is 16.5. The Bertz CT molecular complexity index is 1860. The molecule has 8 rings (SSSR count). The van der Waals surface area contributed by atoms with Crippen molar-refractivity contribution in [3.05, 3.63) is 47.7 Å². The summed E-state index contributed by atoms with van der Waals surface area (Å²) < 4.78 is 16.6. The Balaban J connectivity index is 0.904. The van der Waals surface area contributed by atoms with Crippen LogP contribution in [0.2, 0.25) is 0 Å². The summed E-state index contributed by atoms with van der Waals surface area (Å²) in [6.45, 7) is 8.95. The van der Waals surface area contributed by atoms with Gasteiger partial charge >= 0.3 is 12.2 Å². The van der Waals surface area contributed by atoms with Gasteiger partial charge in [0.1, 0.15) is 23.7 Å². The van der Waals surface area contributed by atoms with Crippen LogP contribution in [0.4, 0.5) is 9.59 Å². The molecule has 11 unspecified atom stereocenters. The van der Waals surface area contributed by atoms with Crippen LogP contribution in [0.25, 0.3) is 0 Å². The number of aromatic nitrogens is 4. The molecule has 316 valence electrons. The molecule has 4 aliphatic heterocycles. The molecule has 2 aliphatic carbocycles. The third-order valence-electron chi connectivity index (χ3n) is 13.9. The number of nitrogens with zero attached hydrogens (tertiary/aromatic N) is 5. The molecule has 2 aromatic heterocycles. The Kier molecular flexibility index (Phi) is 11.5. The van der Waals surface area contributed by atoms with Gasteiger partial charge in [0.05, 0.1) is 50.6 Å². The molecule has 4 amide bonds. The van der Waals surface area contributed by atoms with Crippen LogP contribution in [0.15, 0.2) is 24.7 Å². The zero-order chi connectivity index (χ0) is 40.8. The highest BCUT2D eigenvalue weighted by Gasteiger charge is 2.54. The number of rotatable bonds is 10. The minimum atomic E-state index is -0.670. The summed E-state index contributed by atoms with van der Waals surface area (Å²) in [6.07, 6.45) is 16.0. The Labute approximate surface area is 340 Å². The van der Waals surface area contributed by atoms with Crippen molar-refractivity contribution in [2.24, 2.45) is 17.8 Å². The van der Waals surface area contributed by atoms with Gasteiger partial charge in [0, 0.05) is 54.6 Å². The Morgan fingerprint density at radius 3 is 1.90 bits per heavy atom. The number of morpholine rings is 1. The van der Waals surface area contributed by atoms with Crippen molar-refractivity contribution in [3.63, 3.8) is 0 Å². The largest absolute Gasteiger partial charge is 0.453 e. The third kappa shape index (κ3) is 7.45. The number of nitrogens with one attached hydrogen (secondary N) is 4. The summed E-state index contributed by atoms with van der Waals surface area (Å²) >= 11 is 0. The minimum absolute atomic E-state index is 0.0890. The van der Waals surface area contributed by atoms with Crippen LogP contribution < -0.4 is 10.6 Å². The number of likely N-dealkylation sites (tertiary alicyclic amines) is 2. The number of hydrogen-bond donors (Lipinski definition) is 4. The van der Waals surface area contributed by atoms with Crippen LogP contribution >= 0.6 is 0 Å². The molecule has 6 aliphatic rings. The van der Waals surface area contributed by atoms with Gasteiger partial charge in [-0.25, -0.2) is 19.6 Å². The summed E-state index contributed by atoms with van der Waals surface area (Å²) in [5, 5.41) is 5.47. The van der Waals surface area contributed by atoms with Crippen LogP contribution in [0.3, 0.4) is 0 Å². The minimum Gasteiger partial charge on any atom is -0.453 e. The van der Waals surface area contributed by atoms with Crippen LogP contribution in [0.1, 0.15) is 132 Å². The standard InChI is InChI=1S/C42H61N9O7/c1-22(2)34(47-41(54)56-5)39(52)50-16-7-9-30(50)37-43-20-27(45-37)24-11-13-29-33(19-24)58-32-14-12-25(26-15-18-49(29)36(26)32)28-21-44-38(46-28)31-10-8-17-51(31)40(53)35(23(3)4)48-42(55)57-6/h15,18,20-26,29-36H,7-14,16-17,19H2,1-6H3,(H,43,45)(H,44,46)(H,47,54)(H,48,55). The molecular formula is C42H61N9O7. The molecule has 6 heterocycles. The normalized spacial score (nSPS) is 31.2. The van der Waals surface area contributed by atoms with E-state index in [0.29, 0.717) is 25.0 Å². The van der Waals surface area contributed by atoms with Gasteiger partial charge in [-0.05, 0) is 75.8 Å². The quantitative estimate of drug-likeness (QED) is 0.254. The summed E-state index contributed by atoms with van der Waals surface area (Å²) in [4.78, 5) is 74.8. The highest BCUT2D eigenvalue weighted by molar-refractivity contribution is 5.87. The van der Waals surface area contributed by atoms with Crippen molar-refractivity contribution < 1.29 is 33.4 Å². The maximum atomic E-state index is 13.7. The van der Waals surface area contributed by atoms with Gasteiger partial charge in [-0.3, -0.25) is 9.59 Å². The van der Waals surface area contributed by atoms with Gasteiger partial charge in [0.2, 0.25) is 11.8 Å². The van der Waals surface area contributed by atoms with Crippen molar-refractivity contribution in [1.82, 2.24) is 45.3 Å². The number of H-pyrrole nitrogens is 2. The molecule has 2 aromatic rings. The summed E-state index contributed by atoms with van der Waals surface area (Å²) in [5.74, 6) is 2.08. The second kappa shape index (κ2) is 16.6. The summed E-state index contributed by atoms with van der Waals surface area (Å²) in [6, 6.07) is -1.08. The van der Waals surface area contributed by atoms with Gasteiger partial charge in [-0.15, -0.1) is 0 Å². The second-order valence-corrected chi connectivity index (χ2v) is 17.9. The zero-order valence-corrected chi connectivity index (χ0v) is 34.7. The number of carbonyl (C=O) groups is 4. The first-order chi connectivity index (χ1) is 28.0. The third-order valence-corrected chi connectivity index (χ3v) is 13.9. The predicted molar refractivity (Wildman–Crippen MR) is 212 cm³/mol. The van der Waals surface area contributed by atoms with Gasteiger partial charge in [-0.1, -0.05) is 33.8 Å². The molecule has 3 saturated heterocycles. The number of fused-ring (bicyclic) bond motifs is 2. The fourth-order valence-corrected chi connectivity index (χ4v) is 10.9. The monoisotopic (exact) mass is 803 g/mol. The number of amides is 4. The molecule has 0 radical (unpaired) electrons. The average Bonchev–Trinajstić information content (AvgIpc) is 4.07. The SMILES string of the molecule is COC(=O)NC(C(=O)N1CCCC1c1ncc(C2CCC3C(C2)OC2CCC(c4cnc(C5CCCN5C(=O)C(NC(=O)OC)C(C)C)[nH]4)C4C=CN3C24)[nH]1)C(C)C. The number of imidazole rings is 2. The number of hydrogen-bond acceptors (Lipinski definition) is 10. The Hall–Kier alpha value is -4.60. The van der Waals surface area contributed by atoms with Crippen LogP contribution in [0, 0.1) is 17.8 Å². The van der Waals surface area contributed by atoms with E-state index in [1.54, 1.807) is 0 Å². The van der Waals surface area contributed by atoms with Gasteiger partial charge in [-0.2, -0.15) is 0 Å². The molecule has 2 saturated carbocycles. The average molecular weight is 804 g/mol. The number of alkyl carbamates (subject to hydrolysis) is 2. The van der Waals surface area contributed by atoms with Crippen molar-refractivity contribution in [2.45, 2.75) is 146 Å². The number of aromatic amines is 2. The molecule has 58 heavy (non-hydrogen) atoms. The molecule has 0 spiro atoms. The van der Waals surface area contributed by atoms with Crippen molar-refractivity contribution >= 4 is 24.0 Å². The van der Waals surface area contributed by atoms with Crippen molar-refractivity contribution in [1.29, 1.82) is 0 Å². The van der Waals surface area contributed by atoms with E-state index in [4.69, 9.17) is 24.2 Å². The predicted octanol–water partition coefficient (Wildman–Crippen LogP) is 5.02. The molecule has 16 nitrogen and oxygen atoms in total. The van der Waals surface area contributed by atoms with E-state index in [0.717, 1.165) is 80.8 Å². The van der Waals surface area contributed by atoms with E-state index in [2.05, 4.69) is 37.8 Å². The van der Waals surface area contributed by atoms with Gasteiger partial charge in [0.25, 0.3) is 0 Å². The topological polar surface area (TPSA) is 187 Å². The van der Waals surface area contributed by atoms with Crippen LogP contribution in [0.5, 0.6) is 0 Å². The van der Waals surface area contributed by atoms with Gasteiger partial charge in [0.15, 0.2) is 0 Å². The van der Waals surface area contributed by atoms with Crippen LogP contribution in [-0.2, 0) is 23.8 Å². The lowest BCUT2D eigenvalue weighted by molar-refractivity contribution is -0.168. The fraction of sp³-hybridized carbons (Fsp3) is 0.714. The van der Waals surface area contributed by atoms with E-state index >= 15 is 0 Å². The molecule has 11 atom stereocenters. The summed E-state index contributed by atoms with van der Waals surface area (Å²) in [7, 11) is 2.62. The molecule has 0 bridgehead atoms. The first-order valence-electron chi connectivity index (χ1n) is 21.5. The molecule has 16 heteroatoms. The number of methoxy groups -OCH3 is 2. The van der Waals surface area contributed by atoms with Gasteiger partial charge < -0.3 is 49.5 Å². The van der Waals surface area contributed by atoms with Crippen LogP contribution in [-0.4, -0.2) is 122 Å². The fourth-order valence-electron chi connectivity index (χ4n) is 10.9. The number of carbonyl (C=O) groups excluding carboxylic acids is 4. The maximum absolute atomic E-state index is 13.7. The molecule has 4 N–H and O–H groups in total. The van der Waals surface area contributed by atoms with E-state index < -0.39 is 24.3 Å². The number of ether oxygens (including phenoxy) is 3. The van der Waals surface area contributed by atoms with Crippen molar-refractivity contribution in [3.8, 4) is 0 Å². The summed E-state index contributed by atoms with van der Waals surface area (Å²) in [5.41, 5.74) is 2.21. The lowest BCUT2D eigenvalue weighted by atomic mass is 9.71. The van der Waals surface area contributed by atoms with E-state index in [1.165, 1.54) is 14.2 Å². The van der Waals surface area contributed by atoms with E-state index in [9.17, 15) is 19.2 Å². The molecule has 0 aromatic carbocycles. The second-order valence-electron chi connectivity index (χ2n) is 17.9. The lowest BCUT2D eigenvalue weighted by Crippen LogP contribution is -2.62. The Morgan fingerprint density at radius 1 is 0.759 bits per heavy atom. The van der Waals surface area contributed by atoms with E-state index in [1.807, 2.05) is 49.9 Å². The Morgan fingerprint density at radius 2 is 1.33 bits per heavy atom. The molecular weight excluding hydrogens is 743 g/mol. The maximum Gasteiger partial charge on any atom is 0.407 e. The zero-order valence-electron chi connectivity index (χ0n) is 34.7. The first kappa shape index (κ1) is 40.2. The van der Waals surface area contributed by atoms with Crippen molar-refractivity contribution in [2.75, 3.05) is 27.3 Å². The van der Waals surface area contributed by atoms with E-state index in [-0.39, 0.29) is 65.8 Å². The smallest absolute Gasteiger partial charge is 0.407 e.